The van der Waals surface area contributed by atoms with Crippen LogP contribution in [-0.4, -0.2) is 9.78 Å². The van der Waals surface area contributed by atoms with Gasteiger partial charge in [-0.25, -0.2) is 0 Å². The minimum atomic E-state index is 0.0824. The Balaban J connectivity index is 1.87. The van der Waals surface area contributed by atoms with Gasteiger partial charge >= 0.3 is 0 Å². The van der Waals surface area contributed by atoms with Gasteiger partial charge in [-0.05, 0) is 43.2 Å². The Hall–Kier alpha value is -1.13. The van der Waals surface area contributed by atoms with Crippen LogP contribution in [-0.2, 0) is 13.0 Å². The van der Waals surface area contributed by atoms with E-state index in [1.807, 2.05) is 22.2 Å². The van der Waals surface area contributed by atoms with Crippen molar-refractivity contribution in [1.29, 1.82) is 0 Å². The quantitative estimate of drug-likeness (QED) is 0.922. The SMILES string of the molecule is CCn1cc(C(N)C2CCCc3sccc32)cn1. The highest BCUT2D eigenvalue weighted by molar-refractivity contribution is 7.10. The molecular weight excluding hydrogens is 242 g/mol. The van der Waals surface area contributed by atoms with Crippen molar-refractivity contribution in [3.63, 3.8) is 0 Å². The lowest BCUT2D eigenvalue weighted by Crippen LogP contribution is -2.22. The second-order valence-electron chi connectivity index (χ2n) is 4.95. The van der Waals surface area contributed by atoms with Crippen LogP contribution >= 0.6 is 11.3 Å². The zero-order valence-corrected chi connectivity index (χ0v) is 11.5. The third kappa shape index (κ3) is 1.99. The summed E-state index contributed by atoms with van der Waals surface area (Å²) in [5, 5.41) is 6.53. The zero-order chi connectivity index (χ0) is 12.5. The predicted molar refractivity (Wildman–Crippen MR) is 74.8 cm³/mol. The number of rotatable bonds is 3. The van der Waals surface area contributed by atoms with E-state index in [0.29, 0.717) is 5.92 Å². The molecule has 3 nitrogen and oxygen atoms in total. The molecule has 96 valence electrons. The summed E-state index contributed by atoms with van der Waals surface area (Å²) in [7, 11) is 0. The topological polar surface area (TPSA) is 43.8 Å². The van der Waals surface area contributed by atoms with Gasteiger partial charge in [-0.1, -0.05) is 0 Å². The number of fused-ring (bicyclic) bond motifs is 1. The monoisotopic (exact) mass is 261 g/mol. The zero-order valence-electron chi connectivity index (χ0n) is 10.7. The molecule has 2 atom stereocenters. The van der Waals surface area contributed by atoms with Crippen molar-refractivity contribution < 1.29 is 0 Å². The molecule has 18 heavy (non-hydrogen) atoms. The van der Waals surface area contributed by atoms with Crippen LogP contribution < -0.4 is 5.73 Å². The highest BCUT2D eigenvalue weighted by atomic mass is 32.1. The van der Waals surface area contributed by atoms with Gasteiger partial charge in [0, 0.05) is 35.1 Å². The molecule has 0 amide bonds. The normalized spacial score (nSPS) is 20.7. The van der Waals surface area contributed by atoms with Gasteiger partial charge in [-0.15, -0.1) is 11.3 Å². The molecule has 0 spiro atoms. The standard InChI is InChI=1S/C14H19N3S/c1-2-17-9-10(8-16-17)14(15)12-4-3-5-13-11(12)6-7-18-13/h6-9,12,14H,2-5,15H2,1H3. The maximum Gasteiger partial charge on any atom is 0.0537 e. The number of aromatic nitrogens is 2. The largest absolute Gasteiger partial charge is 0.323 e. The minimum absolute atomic E-state index is 0.0824. The summed E-state index contributed by atoms with van der Waals surface area (Å²) >= 11 is 1.88. The number of hydrogen-bond acceptors (Lipinski definition) is 3. The average molecular weight is 261 g/mol. The van der Waals surface area contributed by atoms with E-state index in [-0.39, 0.29) is 6.04 Å². The van der Waals surface area contributed by atoms with Crippen molar-refractivity contribution in [2.24, 2.45) is 5.73 Å². The Morgan fingerprint density at radius 3 is 3.28 bits per heavy atom. The second kappa shape index (κ2) is 4.86. The number of nitrogens with two attached hydrogens (primary N) is 1. The molecule has 1 aliphatic rings. The smallest absolute Gasteiger partial charge is 0.0537 e. The molecule has 0 bridgehead atoms. The molecule has 0 fully saturated rings. The Bertz CT molecular complexity index is 529. The van der Waals surface area contributed by atoms with Crippen molar-refractivity contribution in [1.82, 2.24) is 9.78 Å². The van der Waals surface area contributed by atoms with E-state index in [1.54, 1.807) is 0 Å². The third-order valence-electron chi connectivity index (χ3n) is 3.89. The maximum atomic E-state index is 6.46. The number of hydrogen-bond donors (Lipinski definition) is 1. The van der Waals surface area contributed by atoms with Gasteiger partial charge in [0.2, 0.25) is 0 Å². The molecule has 1 aliphatic carbocycles. The molecule has 0 saturated heterocycles. The van der Waals surface area contributed by atoms with Crippen LogP contribution in [0.25, 0.3) is 0 Å². The fraction of sp³-hybridized carbons (Fsp3) is 0.500. The molecule has 2 heterocycles. The van der Waals surface area contributed by atoms with Gasteiger partial charge in [0.25, 0.3) is 0 Å². The lowest BCUT2D eigenvalue weighted by atomic mass is 9.81. The fourth-order valence-corrected chi connectivity index (χ4v) is 3.85. The summed E-state index contributed by atoms with van der Waals surface area (Å²) in [6.07, 6.45) is 7.70. The summed E-state index contributed by atoms with van der Waals surface area (Å²) in [5.74, 6) is 0.467. The van der Waals surface area contributed by atoms with E-state index in [2.05, 4.69) is 29.7 Å². The number of aryl methyl sites for hydroxylation is 2. The first kappa shape index (κ1) is 11.9. The lowest BCUT2D eigenvalue weighted by molar-refractivity contribution is 0.478. The maximum absolute atomic E-state index is 6.46. The van der Waals surface area contributed by atoms with Gasteiger partial charge in [0.05, 0.1) is 6.20 Å². The fourth-order valence-electron chi connectivity index (χ4n) is 2.85. The second-order valence-corrected chi connectivity index (χ2v) is 5.95. The summed E-state index contributed by atoms with van der Waals surface area (Å²) in [6.45, 7) is 3.00. The van der Waals surface area contributed by atoms with Crippen LogP contribution in [0.5, 0.6) is 0 Å². The minimum Gasteiger partial charge on any atom is -0.323 e. The Labute approximate surface area is 112 Å². The molecule has 0 radical (unpaired) electrons. The first-order chi connectivity index (χ1) is 8.79. The molecule has 0 aliphatic heterocycles. The summed E-state index contributed by atoms with van der Waals surface area (Å²) < 4.78 is 1.95. The van der Waals surface area contributed by atoms with Crippen molar-refractivity contribution in [2.45, 2.75) is 44.7 Å². The average Bonchev–Trinajstić information content (AvgIpc) is 3.05. The van der Waals surface area contributed by atoms with Crippen molar-refractivity contribution in [3.05, 3.63) is 39.8 Å². The third-order valence-corrected chi connectivity index (χ3v) is 4.89. The van der Waals surface area contributed by atoms with Crippen LogP contribution in [0.4, 0.5) is 0 Å². The van der Waals surface area contributed by atoms with E-state index in [4.69, 9.17) is 5.73 Å². The molecule has 3 rings (SSSR count). The molecule has 2 aromatic rings. The predicted octanol–water partition coefficient (Wildman–Crippen LogP) is 3.08. The van der Waals surface area contributed by atoms with Crippen LogP contribution in [0.2, 0.25) is 0 Å². The molecule has 4 heteroatoms. The van der Waals surface area contributed by atoms with Gasteiger partial charge < -0.3 is 5.73 Å². The van der Waals surface area contributed by atoms with Gasteiger partial charge in [-0.2, -0.15) is 5.10 Å². The molecule has 2 aromatic heterocycles. The number of nitrogens with zero attached hydrogens (tertiary/aromatic N) is 2. The summed E-state index contributed by atoms with van der Waals surface area (Å²) in [4.78, 5) is 1.53. The van der Waals surface area contributed by atoms with E-state index in [9.17, 15) is 0 Å². The molecule has 0 aromatic carbocycles. The van der Waals surface area contributed by atoms with Crippen LogP contribution in [0.1, 0.15) is 47.7 Å². The van der Waals surface area contributed by atoms with Crippen LogP contribution in [0, 0.1) is 0 Å². The first-order valence-electron chi connectivity index (χ1n) is 6.63. The Morgan fingerprint density at radius 1 is 1.61 bits per heavy atom. The molecule has 0 saturated carbocycles. The van der Waals surface area contributed by atoms with Crippen molar-refractivity contribution >= 4 is 11.3 Å². The highest BCUT2D eigenvalue weighted by Crippen LogP contribution is 2.41. The van der Waals surface area contributed by atoms with E-state index in [0.717, 1.165) is 6.54 Å². The highest BCUT2D eigenvalue weighted by Gasteiger charge is 2.28. The Morgan fingerprint density at radius 2 is 2.50 bits per heavy atom. The molecule has 2 N–H and O–H groups in total. The van der Waals surface area contributed by atoms with Gasteiger partial charge in [-0.3, -0.25) is 4.68 Å². The van der Waals surface area contributed by atoms with E-state index < -0.39 is 0 Å². The molecular formula is C14H19N3S. The van der Waals surface area contributed by atoms with Crippen molar-refractivity contribution in [2.75, 3.05) is 0 Å². The van der Waals surface area contributed by atoms with Crippen LogP contribution in [0.15, 0.2) is 23.8 Å². The summed E-state index contributed by atoms with van der Waals surface area (Å²) in [5.41, 5.74) is 9.11. The van der Waals surface area contributed by atoms with Gasteiger partial charge in [0.15, 0.2) is 0 Å². The van der Waals surface area contributed by atoms with Gasteiger partial charge in [0.1, 0.15) is 0 Å². The Kier molecular flexibility index (Phi) is 3.22. The molecule has 2 unspecified atom stereocenters. The van der Waals surface area contributed by atoms with Crippen molar-refractivity contribution in [3.8, 4) is 0 Å². The van der Waals surface area contributed by atoms with Crippen LogP contribution in [0.3, 0.4) is 0 Å². The number of thiophene rings is 1. The summed E-state index contributed by atoms with van der Waals surface area (Å²) in [6, 6.07) is 2.34. The lowest BCUT2D eigenvalue weighted by Gasteiger charge is -2.27. The van der Waals surface area contributed by atoms with E-state index in [1.165, 1.54) is 35.3 Å². The van der Waals surface area contributed by atoms with E-state index >= 15 is 0 Å². The first-order valence-corrected chi connectivity index (χ1v) is 7.51.